The fourth-order valence-corrected chi connectivity index (χ4v) is 9.54. The van der Waals surface area contributed by atoms with Crippen LogP contribution in [0.5, 0.6) is 6.01 Å². The fourth-order valence-electron chi connectivity index (χ4n) is 9.54. The highest BCUT2D eigenvalue weighted by atomic mass is 19.4. The van der Waals surface area contributed by atoms with Crippen LogP contribution < -0.4 is 19.5 Å². The summed E-state index contributed by atoms with van der Waals surface area (Å²) in [6.45, 7) is 4.80. The number of fused-ring (bicyclic) bond motifs is 4. The maximum Gasteiger partial charge on any atom is 0.423 e. The minimum atomic E-state index is -5.59. The summed E-state index contributed by atoms with van der Waals surface area (Å²) in [4.78, 5) is 13.8. The molecule has 0 radical (unpaired) electrons. The zero-order chi connectivity index (χ0) is 39.0. The van der Waals surface area contributed by atoms with Gasteiger partial charge in [0.1, 0.15) is 30.4 Å². The van der Waals surface area contributed by atoms with Crippen molar-refractivity contribution in [3.8, 4) is 17.3 Å². The van der Waals surface area contributed by atoms with Crippen LogP contribution in [0.15, 0.2) is 30.3 Å². The van der Waals surface area contributed by atoms with Gasteiger partial charge in [0, 0.05) is 43.0 Å². The van der Waals surface area contributed by atoms with Crippen LogP contribution in [-0.4, -0.2) is 89.8 Å². The van der Waals surface area contributed by atoms with Gasteiger partial charge in [0.25, 0.3) is 5.69 Å². The number of halogens is 8. The molecule has 2 aromatic heterocycles. The molecule has 1 N–H and O–H groups in total. The van der Waals surface area contributed by atoms with Gasteiger partial charge in [-0.05, 0) is 75.1 Å². The number of pyridine rings is 1. The maximum atomic E-state index is 17.4. The summed E-state index contributed by atoms with van der Waals surface area (Å²) in [6.07, 6.45) is -10.8. The lowest BCUT2D eigenvalue weighted by atomic mass is 9.95. The molecular formula is C39H43F8N6O2+. The molecule has 4 atom stereocenters. The molecule has 55 heavy (non-hydrogen) atoms. The Balaban J connectivity index is 1.19. The third-order valence-electron chi connectivity index (χ3n) is 12.3. The van der Waals surface area contributed by atoms with E-state index >= 15 is 4.39 Å². The van der Waals surface area contributed by atoms with E-state index in [1.54, 1.807) is 19.1 Å². The molecule has 0 aliphatic carbocycles. The lowest BCUT2D eigenvalue weighted by Gasteiger charge is -2.40. The topological polar surface area (TPSA) is 66.6 Å². The molecule has 0 bridgehead atoms. The number of hydrogen-bond acceptors (Lipinski definition) is 7. The molecule has 16 heteroatoms. The fraction of sp³-hybridized carbons (Fsp3) is 0.564. The summed E-state index contributed by atoms with van der Waals surface area (Å²) in [5, 5.41) is 5.54. The van der Waals surface area contributed by atoms with Crippen molar-refractivity contribution in [1.82, 2.24) is 20.2 Å². The van der Waals surface area contributed by atoms with E-state index in [4.69, 9.17) is 14.7 Å². The largest absolute Gasteiger partial charge is 0.461 e. The first-order valence-electron chi connectivity index (χ1n) is 18.9. The second kappa shape index (κ2) is 13.9. The Morgan fingerprint density at radius 3 is 2.55 bits per heavy atom. The van der Waals surface area contributed by atoms with E-state index in [9.17, 15) is 30.7 Å². The Bertz CT molecular complexity index is 2120. The SMILES string of the molecule is CC[C@@H]1CN2c3nc(OC[C@@]45CCCN4[C@H](COC(C(F)(F)F)C(F)(F)F)CC5)nc4c(F)c(-c5cccc6ccc(F)c(C)c56)[n+](C)c(c34)CC[C@@H]2CN1. The molecule has 8 rings (SSSR count). The van der Waals surface area contributed by atoms with E-state index in [-0.39, 0.29) is 35.9 Å². The smallest absolute Gasteiger partial charge is 0.423 e. The molecule has 296 valence electrons. The van der Waals surface area contributed by atoms with Gasteiger partial charge in [-0.2, -0.15) is 45.3 Å². The first-order chi connectivity index (χ1) is 26.1. The third kappa shape index (κ3) is 6.55. The quantitative estimate of drug-likeness (QED) is 0.149. The standard InChI is InChI=1S/C39H43F8N6O2/c1-4-23-18-52-24(17-48-23)10-12-28-30-32(31(41)33(51(28)3)26-8-5-7-22-9-11-27(40)21(2)29(22)26)49-36(50-34(30)52)55-20-37-14-6-16-53(37)25(13-15-37)19-54-35(38(42,43)44)39(45,46)47/h5,7-9,11,23-25,35,48H,4,6,10,12-20H2,1-3H3/q+1/t23-,24-,25+,37+/m1/s1. The number of aromatic nitrogens is 3. The lowest BCUT2D eigenvalue weighted by Crippen LogP contribution is -2.56. The second-order valence-electron chi connectivity index (χ2n) is 15.5. The number of hydrogen-bond donors (Lipinski definition) is 1. The molecule has 3 fully saturated rings. The Labute approximate surface area is 312 Å². The highest BCUT2D eigenvalue weighted by Crippen LogP contribution is 2.45. The van der Waals surface area contributed by atoms with Crippen molar-refractivity contribution in [1.29, 1.82) is 0 Å². The monoisotopic (exact) mass is 779 g/mol. The zero-order valence-electron chi connectivity index (χ0n) is 30.8. The van der Waals surface area contributed by atoms with Crippen molar-refractivity contribution >= 4 is 27.5 Å². The Morgan fingerprint density at radius 2 is 1.80 bits per heavy atom. The van der Waals surface area contributed by atoms with E-state index in [1.807, 2.05) is 28.6 Å². The number of anilines is 1. The van der Waals surface area contributed by atoms with Crippen molar-refractivity contribution in [2.24, 2.45) is 7.05 Å². The van der Waals surface area contributed by atoms with Crippen LogP contribution in [0.25, 0.3) is 32.9 Å². The van der Waals surface area contributed by atoms with Crippen LogP contribution in [0.4, 0.5) is 40.9 Å². The number of benzene rings is 2. The van der Waals surface area contributed by atoms with E-state index < -0.39 is 48.3 Å². The molecule has 0 saturated carbocycles. The van der Waals surface area contributed by atoms with Gasteiger partial charge in [-0.15, -0.1) is 0 Å². The van der Waals surface area contributed by atoms with E-state index in [0.717, 1.165) is 23.9 Å². The molecule has 4 aromatic rings. The number of nitrogens with one attached hydrogen (secondary N) is 1. The van der Waals surface area contributed by atoms with Crippen LogP contribution in [0, 0.1) is 18.6 Å². The minimum Gasteiger partial charge on any atom is -0.461 e. The molecule has 3 saturated heterocycles. The number of ether oxygens (including phenoxy) is 2. The van der Waals surface area contributed by atoms with Crippen LogP contribution in [0.3, 0.4) is 0 Å². The van der Waals surface area contributed by atoms with Gasteiger partial charge in [-0.3, -0.25) is 4.90 Å². The van der Waals surface area contributed by atoms with Crippen molar-refractivity contribution in [2.45, 2.75) is 101 Å². The highest BCUT2D eigenvalue weighted by Gasteiger charge is 2.59. The summed E-state index contributed by atoms with van der Waals surface area (Å²) >= 11 is 0. The third-order valence-corrected chi connectivity index (χ3v) is 12.3. The maximum absolute atomic E-state index is 17.4. The molecular weight excluding hydrogens is 736 g/mol. The number of aryl methyl sites for hydroxylation is 2. The van der Waals surface area contributed by atoms with Crippen molar-refractivity contribution < 1.29 is 49.2 Å². The average Bonchev–Trinajstić information content (AvgIpc) is 3.65. The van der Waals surface area contributed by atoms with Crippen LogP contribution in [-0.2, 0) is 18.2 Å². The number of rotatable bonds is 8. The summed E-state index contributed by atoms with van der Waals surface area (Å²) in [6, 6.07) is 7.97. The Kier molecular flexibility index (Phi) is 9.63. The summed E-state index contributed by atoms with van der Waals surface area (Å²) < 4.78 is 125. The van der Waals surface area contributed by atoms with Crippen LogP contribution in [0.1, 0.15) is 56.7 Å². The van der Waals surface area contributed by atoms with Crippen LogP contribution in [0.2, 0.25) is 0 Å². The first kappa shape index (κ1) is 38.0. The summed E-state index contributed by atoms with van der Waals surface area (Å²) in [7, 11) is 1.81. The predicted octanol–water partition coefficient (Wildman–Crippen LogP) is 7.25. The normalized spacial score (nSPS) is 24.5. The second-order valence-corrected chi connectivity index (χ2v) is 15.5. The van der Waals surface area contributed by atoms with Crippen LogP contribution >= 0.6 is 0 Å². The van der Waals surface area contributed by atoms with Crippen molar-refractivity contribution in [3.63, 3.8) is 0 Å². The van der Waals surface area contributed by atoms with E-state index in [0.29, 0.717) is 79.5 Å². The molecule has 4 aliphatic rings. The van der Waals surface area contributed by atoms with Gasteiger partial charge in [-0.25, -0.2) is 4.39 Å². The number of nitrogens with zero attached hydrogens (tertiary/aromatic N) is 5. The molecule has 8 nitrogen and oxygen atoms in total. The minimum absolute atomic E-state index is 0.00270. The lowest BCUT2D eigenvalue weighted by molar-refractivity contribution is -0.667. The van der Waals surface area contributed by atoms with Gasteiger partial charge < -0.3 is 19.7 Å². The molecule has 2 aromatic carbocycles. The first-order valence-corrected chi connectivity index (χ1v) is 18.9. The van der Waals surface area contributed by atoms with E-state index in [1.165, 1.54) is 6.07 Å². The van der Waals surface area contributed by atoms with Gasteiger partial charge >= 0.3 is 18.4 Å². The average molecular weight is 780 g/mol. The Morgan fingerprint density at radius 1 is 1.02 bits per heavy atom. The molecule has 0 unspecified atom stereocenters. The number of piperazine rings is 1. The summed E-state index contributed by atoms with van der Waals surface area (Å²) in [5.74, 6) is -0.477. The molecule has 6 heterocycles. The zero-order valence-corrected chi connectivity index (χ0v) is 30.8. The van der Waals surface area contributed by atoms with Crippen molar-refractivity contribution in [3.05, 3.63) is 53.2 Å². The van der Waals surface area contributed by atoms with Gasteiger partial charge in [0.2, 0.25) is 11.9 Å². The van der Waals surface area contributed by atoms with E-state index in [2.05, 4.69) is 21.9 Å². The Hall–Kier alpha value is -3.89. The van der Waals surface area contributed by atoms with Gasteiger partial charge in [-0.1, -0.05) is 25.1 Å². The van der Waals surface area contributed by atoms with Gasteiger partial charge in [0.05, 0.1) is 17.7 Å². The van der Waals surface area contributed by atoms with Crippen molar-refractivity contribution in [2.75, 3.05) is 37.7 Å². The molecule has 4 aliphatic heterocycles. The number of alkyl halides is 6. The molecule has 0 amide bonds. The van der Waals surface area contributed by atoms with Gasteiger partial charge in [0.15, 0.2) is 11.5 Å². The molecule has 0 spiro atoms. The predicted molar refractivity (Wildman–Crippen MR) is 189 cm³/mol. The highest BCUT2D eigenvalue weighted by molar-refractivity contribution is 6.00. The summed E-state index contributed by atoms with van der Waals surface area (Å²) in [5.41, 5.74) is 1.36.